The van der Waals surface area contributed by atoms with Gasteiger partial charge in [0.25, 0.3) is 17.5 Å². The van der Waals surface area contributed by atoms with Crippen molar-refractivity contribution in [2.75, 3.05) is 6.61 Å². The Morgan fingerprint density at radius 2 is 1.74 bits per heavy atom. The smallest absolute Gasteiger partial charge is 0.276 e. The fraction of sp³-hybridized carbons (Fsp3) is 0.0714. The summed E-state index contributed by atoms with van der Waals surface area (Å²) in [6.07, 6.45) is 2.91. The van der Waals surface area contributed by atoms with Crippen LogP contribution in [0.15, 0.2) is 48.8 Å². The topological polar surface area (TPSA) is 123 Å². The summed E-state index contributed by atoms with van der Waals surface area (Å²) in [4.78, 5) is 37.0. The van der Waals surface area contributed by atoms with Crippen molar-refractivity contribution in [3.8, 4) is 5.75 Å². The zero-order valence-electron chi connectivity index (χ0n) is 11.8. The zero-order valence-corrected chi connectivity index (χ0v) is 11.8. The van der Waals surface area contributed by atoms with Gasteiger partial charge in [-0.05, 0) is 24.3 Å². The van der Waals surface area contributed by atoms with Crippen molar-refractivity contribution in [3.05, 3.63) is 64.5 Å². The van der Waals surface area contributed by atoms with Gasteiger partial charge in [-0.25, -0.2) is 0 Å². The van der Waals surface area contributed by atoms with Crippen LogP contribution in [0.5, 0.6) is 5.75 Å². The lowest BCUT2D eigenvalue weighted by Crippen LogP contribution is -2.43. The van der Waals surface area contributed by atoms with Crippen molar-refractivity contribution in [1.82, 2.24) is 15.8 Å². The molecule has 0 aliphatic rings. The molecule has 118 valence electrons. The first kappa shape index (κ1) is 15.9. The van der Waals surface area contributed by atoms with Gasteiger partial charge in [-0.3, -0.25) is 35.5 Å². The molecule has 2 rings (SSSR count). The van der Waals surface area contributed by atoms with Crippen LogP contribution in [0.1, 0.15) is 10.4 Å². The first-order valence-electron chi connectivity index (χ1n) is 6.43. The molecular formula is C14H12N4O5. The highest BCUT2D eigenvalue weighted by atomic mass is 16.6. The number of nitrogens with zero attached hydrogens (tertiary/aromatic N) is 2. The summed E-state index contributed by atoms with van der Waals surface area (Å²) >= 11 is 0. The maximum absolute atomic E-state index is 11.7. The number of non-ortho nitro benzene ring substituents is 1. The summed E-state index contributed by atoms with van der Waals surface area (Å²) in [5, 5.41) is 10.5. The third-order valence-electron chi connectivity index (χ3n) is 2.68. The van der Waals surface area contributed by atoms with E-state index in [2.05, 4.69) is 15.8 Å². The van der Waals surface area contributed by atoms with Gasteiger partial charge in [0.2, 0.25) is 0 Å². The molecule has 0 spiro atoms. The van der Waals surface area contributed by atoms with Gasteiger partial charge >= 0.3 is 0 Å². The molecule has 0 aliphatic heterocycles. The highest BCUT2D eigenvalue weighted by Crippen LogP contribution is 2.16. The Morgan fingerprint density at radius 1 is 1.09 bits per heavy atom. The van der Waals surface area contributed by atoms with Crippen LogP contribution in [0.2, 0.25) is 0 Å². The fourth-order valence-electron chi connectivity index (χ4n) is 1.55. The van der Waals surface area contributed by atoms with E-state index in [0.29, 0.717) is 11.3 Å². The number of ether oxygens (including phenoxy) is 1. The van der Waals surface area contributed by atoms with Crippen LogP contribution in [-0.2, 0) is 4.79 Å². The van der Waals surface area contributed by atoms with E-state index in [1.165, 1.54) is 48.8 Å². The quantitative estimate of drug-likeness (QED) is 0.622. The second kappa shape index (κ2) is 7.50. The Hall–Kier alpha value is -3.49. The maximum Gasteiger partial charge on any atom is 0.276 e. The minimum atomic E-state index is -0.578. The molecule has 0 bridgehead atoms. The Balaban J connectivity index is 1.77. The van der Waals surface area contributed by atoms with E-state index in [0.717, 1.165) is 0 Å². The molecule has 9 heteroatoms. The molecule has 0 fully saturated rings. The van der Waals surface area contributed by atoms with Crippen molar-refractivity contribution < 1.29 is 19.2 Å². The molecule has 9 nitrogen and oxygen atoms in total. The van der Waals surface area contributed by atoms with Gasteiger partial charge in [-0.15, -0.1) is 0 Å². The Kier molecular flexibility index (Phi) is 5.18. The molecule has 2 amide bonds. The highest BCUT2D eigenvalue weighted by molar-refractivity contribution is 5.95. The summed E-state index contributed by atoms with van der Waals surface area (Å²) in [6.45, 7) is -0.353. The molecule has 0 atom stereocenters. The first-order valence-corrected chi connectivity index (χ1v) is 6.43. The molecule has 0 aliphatic carbocycles. The predicted octanol–water partition coefficient (Wildman–Crippen LogP) is 0.830. The minimum absolute atomic E-state index is 0.0774. The lowest BCUT2D eigenvalue weighted by Gasteiger charge is -2.08. The molecule has 2 N–H and O–H groups in total. The number of carbonyl (C=O) groups excluding carboxylic acids is 2. The van der Waals surface area contributed by atoms with Gasteiger partial charge < -0.3 is 4.74 Å². The average Bonchev–Trinajstić information content (AvgIpc) is 2.59. The van der Waals surface area contributed by atoms with Gasteiger partial charge in [-0.2, -0.15) is 0 Å². The van der Waals surface area contributed by atoms with Crippen molar-refractivity contribution in [2.45, 2.75) is 0 Å². The SMILES string of the molecule is O=C(COc1ccc([N+](=O)[O-])cc1)NNC(=O)c1ccncc1. The average molecular weight is 316 g/mol. The second-order valence-corrected chi connectivity index (χ2v) is 4.28. The molecule has 0 radical (unpaired) electrons. The largest absolute Gasteiger partial charge is 0.484 e. The number of hydrazine groups is 1. The summed E-state index contributed by atoms with van der Waals surface area (Å²) in [5.74, 6) is -0.770. The van der Waals surface area contributed by atoms with Crippen molar-refractivity contribution in [2.24, 2.45) is 0 Å². The number of benzene rings is 1. The number of hydrogen-bond acceptors (Lipinski definition) is 6. The molecule has 0 unspecified atom stereocenters. The van der Waals surface area contributed by atoms with E-state index in [4.69, 9.17) is 4.74 Å². The van der Waals surface area contributed by atoms with E-state index in [1.807, 2.05) is 0 Å². The highest BCUT2D eigenvalue weighted by Gasteiger charge is 2.08. The van der Waals surface area contributed by atoms with Crippen LogP contribution >= 0.6 is 0 Å². The summed E-state index contributed by atoms with van der Waals surface area (Å²) in [7, 11) is 0. The van der Waals surface area contributed by atoms with E-state index in [1.54, 1.807) is 0 Å². The number of nitro benzene ring substituents is 1. The lowest BCUT2D eigenvalue weighted by atomic mass is 10.3. The number of amides is 2. The number of aromatic nitrogens is 1. The van der Waals surface area contributed by atoms with Crippen molar-refractivity contribution in [1.29, 1.82) is 0 Å². The first-order chi connectivity index (χ1) is 11.1. The Labute approximate surface area is 130 Å². The van der Waals surface area contributed by atoms with Crippen LogP contribution in [0, 0.1) is 10.1 Å². The monoisotopic (exact) mass is 316 g/mol. The van der Waals surface area contributed by atoms with Crippen LogP contribution in [0.3, 0.4) is 0 Å². The summed E-state index contributed by atoms with van der Waals surface area (Å²) < 4.78 is 5.14. The zero-order chi connectivity index (χ0) is 16.7. The Bertz CT molecular complexity index is 703. The van der Waals surface area contributed by atoms with Gasteiger partial charge in [-0.1, -0.05) is 0 Å². The van der Waals surface area contributed by atoms with Gasteiger partial charge in [0.15, 0.2) is 6.61 Å². The third kappa shape index (κ3) is 4.77. The standard InChI is InChI=1S/C14H12N4O5/c19-13(16-17-14(20)10-5-7-15-8-6-10)9-23-12-3-1-11(2-4-12)18(21)22/h1-8H,9H2,(H,16,19)(H,17,20). The van der Waals surface area contributed by atoms with Crippen molar-refractivity contribution >= 4 is 17.5 Å². The minimum Gasteiger partial charge on any atom is -0.484 e. The molecule has 1 aromatic carbocycles. The van der Waals surface area contributed by atoms with Crippen LogP contribution in [0.4, 0.5) is 5.69 Å². The number of pyridine rings is 1. The molecule has 0 saturated heterocycles. The molecular weight excluding hydrogens is 304 g/mol. The van der Waals surface area contributed by atoms with Crippen LogP contribution in [0.25, 0.3) is 0 Å². The number of hydrogen-bond donors (Lipinski definition) is 2. The van der Waals surface area contributed by atoms with Crippen molar-refractivity contribution in [3.63, 3.8) is 0 Å². The van der Waals surface area contributed by atoms with E-state index in [-0.39, 0.29) is 12.3 Å². The maximum atomic E-state index is 11.7. The fourth-order valence-corrected chi connectivity index (χ4v) is 1.55. The molecule has 1 aromatic heterocycles. The summed E-state index contributed by atoms with van der Waals surface area (Å²) in [5.41, 5.74) is 4.68. The van der Waals surface area contributed by atoms with Gasteiger partial charge in [0, 0.05) is 30.1 Å². The van der Waals surface area contributed by atoms with Gasteiger partial charge in [0.1, 0.15) is 5.75 Å². The van der Waals surface area contributed by atoms with E-state index >= 15 is 0 Å². The van der Waals surface area contributed by atoms with E-state index < -0.39 is 16.7 Å². The van der Waals surface area contributed by atoms with Crippen LogP contribution in [-0.4, -0.2) is 28.3 Å². The number of rotatable bonds is 5. The third-order valence-corrected chi connectivity index (χ3v) is 2.68. The Morgan fingerprint density at radius 3 is 2.35 bits per heavy atom. The lowest BCUT2D eigenvalue weighted by molar-refractivity contribution is -0.384. The van der Waals surface area contributed by atoms with Gasteiger partial charge in [0.05, 0.1) is 4.92 Å². The van der Waals surface area contributed by atoms with E-state index in [9.17, 15) is 19.7 Å². The molecule has 0 saturated carbocycles. The summed E-state index contributed by atoms with van der Waals surface area (Å²) in [6, 6.07) is 8.27. The number of nitrogens with one attached hydrogen (secondary N) is 2. The van der Waals surface area contributed by atoms with Crippen LogP contribution < -0.4 is 15.6 Å². The molecule has 23 heavy (non-hydrogen) atoms. The number of nitro groups is 1. The normalized spacial score (nSPS) is 9.74. The number of carbonyl (C=O) groups is 2. The molecule has 2 aromatic rings. The molecule has 1 heterocycles. The second-order valence-electron chi connectivity index (χ2n) is 4.28. The predicted molar refractivity (Wildman–Crippen MR) is 78.4 cm³/mol.